The fourth-order valence-corrected chi connectivity index (χ4v) is 3.11. The standard InChI is InChI=1S/C13H26N2O3S/c1-5-7-11-14-12(10(2)3)13(16)15(11)8-6-9-19(4,17)18/h10-12,14H,5-9H2,1-4H3. The lowest BCUT2D eigenvalue weighted by Gasteiger charge is -2.23. The highest BCUT2D eigenvalue weighted by molar-refractivity contribution is 7.90. The highest BCUT2D eigenvalue weighted by atomic mass is 32.2. The van der Waals surface area contributed by atoms with E-state index in [2.05, 4.69) is 12.2 Å². The summed E-state index contributed by atoms with van der Waals surface area (Å²) in [6.45, 7) is 6.66. The minimum Gasteiger partial charge on any atom is -0.326 e. The fourth-order valence-electron chi connectivity index (χ4n) is 2.45. The maximum Gasteiger partial charge on any atom is 0.241 e. The van der Waals surface area contributed by atoms with Crippen LogP contribution in [0.5, 0.6) is 0 Å². The molecule has 19 heavy (non-hydrogen) atoms. The summed E-state index contributed by atoms with van der Waals surface area (Å²) in [4.78, 5) is 14.1. The lowest BCUT2D eigenvalue weighted by atomic mass is 10.1. The zero-order chi connectivity index (χ0) is 14.6. The highest BCUT2D eigenvalue weighted by Gasteiger charge is 2.39. The van der Waals surface area contributed by atoms with Gasteiger partial charge < -0.3 is 4.90 Å². The third-order valence-corrected chi connectivity index (χ3v) is 4.47. The van der Waals surface area contributed by atoms with Crippen LogP contribution >= 0.6 is 0 Å². The first kappa shape index (κ1) is 16.4. The molecule has 1 N–H and O–H groups in total. The van der Waals surface area contributed by atoms with Gasteiger partial charge in [-0.05, 0) is 18.8 Å². The van der Waals surface area contributed by atoms with Gasteiger partial charge in [0, 0.05) is 12.8 Å². The number of rotatable bonds is 7. The predicted molar refractivity (Wildman–Crippen MR) is 76.5 cm³/mol. The maximum absolute atomic E-state index is 12.3. The van der Waals surface area contributed by atoms with Crippen molar-refractivity contribution < 1.29 is 13.2 Å². The van der Waals surface area contributed by atoms with Gasteiger partial charge in [-0.25, -0.2) is 8.42 Å². The summed E-state index contributed by atoms with van der Waals surface area (Å²) < 4.78 is 22.3. The number of carbonyl (C=O) groups excluding carboxylic acids is 1. The van der Waals surface area contributed by atoms with Crippen molar-refractivity contribution in [1.82, 2.24) is 10.2 Å². The quantitative estimate of drug-likeness (QED) is 0.760. The fraction of sp³-hybridized carbons (Fsp3) is 0.923. The molecule has 0 aliphatic carbocycles. The molecular formula is C13H26N2O3S. The lowest BCUT2D eigenvalue weighted by Crippen LogP contribution is -2.38. The number of nitrogens with zero attached hydrogens (tertiary/aromatic N) is 1. The van der Waals surface area contributed by atoms with Crippen molar-refractivity contribution in [2.24, 2.45) is 5.92 Å². The Morgan fingerprint density at radius 2 is 2.00 bits per heavy atom. The van der Waals surface area contributed by atoms with Gasteiger partial charge in [-0.15, -0.1) is 0 Å². The first-order valence-electron chi connectivity index (χ1n) is 7.00. The van der Waals surface area contributed by atoms with E-state index in [0.29, 0.717) is 13.0 Å². The molecule has 1 fully saturated rings. The first-order valence-corrected chi connectivity index (χ1v) is 9.06. The van der Waals surface area contributed by atoms with E-state index < -0.39 is 9.84 Å². The number of carbonyl (C=O) groups is 1. The number of amides is 1. The molecule has 0 aromatic rings. The Bertz CT molecular complexity index is 406. The largest absolute Gasteiger partial charge is 0.326 e. The average Bonchev–Trinajstić information content (AvgIpc) is 2.56. The molecule has 0 aromatic heterocycles. The van der Waals surface area contributed by atoms with Crippen molar-refractivity contribution in [3.8, 4) is 0 Å². The summed E-state index contributed by atoms with van der Waals surface area (Å²) in [6.07, 6.45) is 3.71. The Morgan fingerprint density at radius 1 is 1.37 bits per heavy atom. The van der Waals surface area contributed by atoms with Crippen molar-refractivity contribution in [1.29, 1.82) is 0 Å². The highest BCUT2D eigenvalue weighted by Crippen LogP contribution is 2.20. The van der Waals surface area contributed by atoms with E-state index in [9.17, 15) is 13.2 Å². The molecule has 112 valence electrons. The van der Waals surface area contributed by atoms with Gasteiger partial charge in [-0.3, -0.25) is 10.1 Å². The van der Waals surface area contributed by atoms with Crippen molar-refractivity contribution in [2.45, 2.75) is 52.2 Å². The lowest BCUT2D eigenvalue weighted by molar-refractivity contribution is -0.130. The van der Waals surface area contributed by atoms with Crippen molar-refractivity contribution >= 4 is 15.7 Å². The van der Waals surface area contributed by atoms with Crippen LogP contribution in [-0.4, -0.2) is 50.0 Å². The van der Waals surface area contributed by atoms with Crippen LogP contribution in [0.1, 0.15) is 40.0 Å². The van der Waals surface area contributed by atoms with Gasteiger partial charge in [0.05, 0.1) is 18.0 Å². The third-order valence-electron chi connectivity index (χ3n) is 3.44. The zero-order valence-electron chi connectivity index (χ0n) is 12.3. The van der Waals surface area contributed by atoms with Gasteiger partial charge in [-0.2, -0.15) is 0 Å². The molecule has 0 spiro atoms. The van der Waals surface area contributed by atoms with Crippen LogP contribution in [0.3, 0.4) is 0 Å². The summed E-state index contributed by atoms with van der Waals surface area (Å²) in [5.74, 6) is 0.510. The van der Waals surface area contributed by atoms with Crippen LogP contribution in [0.15, 0.2) is 0 Å². The summed E-state index contributed by atoms with van der Waals surface area (Å²) >= 11 is 0. The molecule has 1 heterocycles. The van der Waals surface area contributed by atoms with E-state index in [0.717, 1.165) is 12.8 Å². The van der Waals surface area contributed by atoms with Gasteiger partial charge in [0.2, 0.25) is 5.91 Å². The second kappa shape index (κ2) is 6.70. The molecule has 1 aliphatic heterocycles. The summed E-state index contributed by atoms with van der Waals surface area (Å²) in [5, 5.41) is 3.37. The van der Waals surface area contributed by atoms with E-state index in [1.165, 1.54) is 6.26 Å². The van der Waals surface area contributed by atoms with Gasteiger partial charge in [0.25, 0.3) is 0 Å². The van der Waals surface area contributed by atoms with E-state index in [-0.39, 0.29) is 29.8 Å². The van der Waals surface area contributed by atoms with Gasteiger partial charge in [-0.1, -0.05) is 27.2 Å². The van der Waals surface area contributed by atoms with Gasteiger partial charge in [0.15, 0.2) is 0 Å². The number of nitrogens with one attached hydrogen (secondary N) is 1. The molecule has 6 heteroatoms. The topological polar surface area (TPSA) is 66.5 Å². The SMILES string of the molecule is CCCC1NC(C(C)C)C(=O)N1CCCS(C)(=O)=O. The molecule has 0 radical (unpaired) electrons. The molecule has 1 saturated heterocycles. The number of sulfone groups is 1. The molecule has 5 nitrogen and oxygen atoms in total. The van der Waals surface area contributed by atoms with Crippen molar-refractivity contribution in [3.63, 3.8) is 0 Å². The molecule has 0 aromatic carbocycles. The Labute approximate surface area is 116 Å². The predicted octanol–water partition coefficient (Wildman–Crippen LogP) is 1.00. The molecule has 2 unspecified atom stereocenters. The molecule has 1 amide bonds. The molecule has 0 bridgehead atoms. The smallest absolute Gasteiger partial charge is 0.241 e. The zero-order valence-corrected chi connectivity index (χ0v) is 13.2. The number of hydrogen-bond acceptors (Lipinski definition) is 4. The summed E-state index contributed by atoms with van der Waals surface area (Å²) in [7, 11) is -2.95. The van der Waals surface area contributed by atoms with E-state index >= 15 is 0 Å². The monoisotopic (exact) mass is 290 g/mol. The van der Waals surface area contributed by atoms with Crippen LogP contribution in [0.2, 0.25) is 0 Å². The van der Waals surface area contributed by atoms with E-state index in [1.807, 2.05) is 18.7 Å². The van der Waals surface area contributed by atoms with Crippen LogP contribution < -0.4 is 5.32 Å². The molecule has 0 saturated carbocycles. The summed E-state index contributed by atoms with van der Waals surface area (Å²) in [5.41, 5.74) is 0. The van der Waals surface area contributed by atoms with Gasteiger partial charge in [0.1, 0.15) is 9.84 Å². The minimum atomic E-state index is -2.95. The first-order chi connectivity index (χ1) is 8.76. The molecule has 1 aliphatic rings. The Morgan fingerprint density at radius 3 is 2.47 bits per heavy atom. The Hall–Kier alpha value is -0.620. The normalized spacial score (nSPS) is 24.5. The number of hydrogen-bond donors (Lipinski definition) is 1. The molecule has 2 atom stereocenters. The van der Waals surface area contributed by atoms with Gasteiger partial charge >= 0.3 is 0 Å². The maximum atomic E-state index is 12.3. The third kappa shape index (κ3) is 4.76. The average molecular weight is 290 g/mol. The van der Waals surface area contributed by atoms with Crippen LogP contribution in [0.4, 0.5) is 0 Å². The Balaban J connectivity index is 2.63. The minimum absolute atomic E-state index is 0.0597. The van der Waals surface area contributed by atoms with Crippen molar-refractivity contribution in [2.75, 3.05) is 18.6 Å². The van der Waals surface area contributed by atoms with Crippen molar-refractivity contribution in [3.05, 3.63) is 0 Å². The Kier molecular flexibility index (Phi) is 5.80. The second-order valence-corrected chi connectivity index (χ2v) is 7.97. The molecule has 1 rings (SSSR count). The van der Waals surface area contributed by atoms with Crippen LogP contribution in [0, 0.1) is 5.92 Å². The van der Waals surface area contributed by atoms with E-state index in [1.54, 1.807) is 0 Å². The molecular weight excluding hydrogens is 264 g/mol. The summed E-state index contributed by atoms with van der Waals surface area (Å²) in [6, 6.07) is -0.130. The second-order valence-electron chi connectivity index (χ2n) is 5.71. The van der Waals surface area contributed by atoms with Crippen LogP contribution in [-0.2, 0) is 14.6 Å². The van der Waals surface area contributed by atoms with Crippen LogP contribution in [0.25, 0.3) is 0 Å². The van der Waals surface area contributed by atoms with E-state index in [4.69, 9.17) is 0 Å².